The van der Waals surface area contributed by atoms with Crippen LogP contribution in [0.15, 0.2) is 47.9 Å². The van der Waals surface area contributed by atoms with Crippen molar-refractivity contribution in [1.29, 1.82) is 0 Å². The van der Waals surface area contributed by atoms with Crippen LogP contribution in [-0.2, 0) is 26.9 Å². The molecule has 10 heteroatoms. The number of imide groups is 1. The molecule has 1 aromatic heterocycles. The molecule has 0 unspecified atom stereocenters. The zero-order valence-electron chi connectivity index (χ0n) is 15.0. The summed E-state index contributed by atoms with van der Waals surface area (Å²) in [6.07, 6.45) is -1.59. The average Bonchev–Trinajstić information content (AvgIpc) is 3.18. The minimum Gasteiger partial charge on any atom is -0.452 e. The van der Waals surface area contributed by atoms with Crippen LogP contribution < -0.4 is 10.6 Å². The van der Waals surface area contributed by atoms with Crippen LogP contribution in [0.5, 0.6) is 0 Å². The van der Waals surface area contributed by atoms with Gasteiger partial charge in [0.15, 0.2) is 6.61 Å². The van der Waals surface area contributed by atoms with Crippen molar-refractivity contribution >= 4 is 35.3 Å². The number of benzene rings is 1. The van der Waals surface area contributed by atoms with Gasteiger partial charge in [-0.1, -0.05) is 18.2 Å². The van der Waals surface area contributed by atoms with Gasteiger partial charge in [0, 0.05) is 17.5 Å². The molecular weight excluding hydrogens is 409 g/mol. The van der Waals surface area contributed by atoms with Gasteiger partial charge in [-0.25, -0.2) is 9.59 Å². The predicted molar refractivity (Wildman–Crippen MR) is 101 cm³/mol. The summed E-state index contributed by atoms with van der Waals surface area (Å²) in [5, 5.41) is 6.43. The van der Waals surface area contributed by atoms with Crippen LogP contribution in [0.3, 0.4) is 0 Å². The van der Waals surface area contributed by atoms with Crippen LogP contribution in [0.25, 0.3) is 6.08 Å². The van der Waals surface area contributed by atoms with E-state index in [0.29, 0.717) is 18.5 Å². The maximum atomic E-state index is 12.5. The Labute approximate surface area is 168 Å². The molecule has 2 aromatic rings. The van der Waals surface area contributed by atoms with E-state index in [-0.39, 0.29) is 0 Å². The summed E-state index contributed by atoms with van der Waals surface area (Å²) in [6.45, 7) is -0.330. The van der Waals surface area contributed by atoms with Gasteiger partial charge in [-0.2, -0.15) is 13.2 Å². The number of esters is 1. The van der Waals surface area contributed by atoms with E-state index in [4.69, 9.17) is 0 Å². The normalized spacial score (nSPS) is 11.3. The fourth-order valence-electron chi connectivity index (χ4n) is 2.09. The number of alkyl halides is 3. The number of nitrogens with one attached hydrogen (secondary N) is 2. The highest BCUT2D eigenvalue weighted by Gasteiger charge is 2.29. The first-order valence-corrected chi connectivity index (χ1v) is 9.24. The fraction of sp³-hybridized carbons (Fsp3) is 0.211. The van der Waals surface area contributed by atoms with Gasteiger partial charge in [-0.3, -0.25) is 10.1 Å². The number of hydrogen-bond donors (Lipinski definition) is 2. The Hall–Kier alpha value is -3.14. The van der Waals surface area contributed by atoms with E-state index in [2.05, 4.69) is 10.1 Å². The van der Waals surface area contributed by atoms with Crippen LogP contribution in [-0.4, -0.2) is 31.1 Å². The largest absolute Gasteiger partial charge is 0.452 e. The molecule has 0 fully saturated rings. The minimum atomic E-state index is -4.44. The van der Waals surface area contributed by atoms with Crippen LogP contribution >= 0.6 is 11.3 Å². The highest BCUT2D eigenvalue weighted by molar-refractivity contribution is 7.09. The average molecular weight is 426 g/mol. The third kappa shape index (κ3) is 8.18. The Kier molecular flexibility index (Phi) is 7.96. The molecule has 29 heavy (non-hydrogen) atoms. The maximum Gasteiger partial charge on any atom is 0.416 e. The molecule has 2 rings (SSSR count). The minimum absolute atomic E-state index is 0.343. The molecule has 0 saturated heterocycles. The molecular formula is C19H17F3N2O4S. The molecule has 3 amide bonds. The summed E-state index contributed by atoms with van der Waals surface area (Å²) >= 11 is 1.55. The second-order valence-corrected chi connectivity index (χ2v) is 6.73. The number of urea groups is 1. The molecule has 0 bridgehead atoms. The summed E-state index contributed by atoms with van der Waals surface area (Å²) in [5.41, 5.74) is -0.452. The van der Waals surface area contributed by atoms with Gasteiger partial charge in [0.25, 0.3) is 5.91 Å². The van der Waals surface area contributed by atoms with E-state index in [1.807, 2.05) is 22.8 Å². The number of ether oxygens (including phenoxy) is 1. The molecule has 0 saturated carbocycles. The lowest BCUT2D eigenvalue weighted by Crippen LogP contribution is -2.42. The van der Waals surface area contributed by atoms with Gasteiger partial charge in [0.2, 0.25) is 0 Å². The number of thiophene rings is 1. The quantitative estimate of drug-likeness (QED) is 0.525. The molecule has 154 valence electrons. The molecule has 1 heterocycles. The molecule has 0 radical (unpaired) electrons. The van der Waals surface area contributed by atoms with Gasteiger partial charge in [-0.05, 0) is 41.6 Å². The van der Waals surface area contributed by atoms with Gasteiger partial charge < -0.3 is 10.1 Å². The number of hydrogen-bond acceptors (Lipinski definition) is 5. The van der Waals surface area contributed by atoms with Gasteiger partial charge in [-0.15, -0.1) is 11.3 Å². The highest BCUT2D eigenvalue weighted by Crippen LogP contribution is 2.29. The first-order valence-electron chi connectivity index (χ1n) is 8.36. The number of amides is 3. The molecule has 0 aliphatic carbocycles. The van der Waals surface area contributed by atoms with Crippen molar-refractivity contribution in [3.63, 3.8) is 0 Å². The highest BCUT2D eigenvalue weighted by atomic mass is 32.1. The fourth-order valence-corrected chi connectivity index (χ4v) is 2.80. The first kappa shape index (κ1) is 22.2. The Morgan fingerprint density at radius 1 is 1.10 bits per heavy atom. The van der Waals surface area contributed by atoms with Gasteiger partial charge in [0.1, 0.15) is 0 Å². The van der Waals surface area contributed by atoms with E-state index >= 15 is 0 Å². The Morgan fingerprint density at radius 2 is 1.83 bits per heavy atom. The van der Waals surface area contributed by atoms with Crippen molar-refractivity contribution < 1.29 is 32.3 Å². The molecule has 0 aliphatic heterocycles. The monoisotopic (exact) mass is 426 g/mol. The van der Waals surface area contributed by atoms with Crippen molar-refractivity contribution in [2.75, 3.05) is 13.2 Å². The lowest BCUT2D eigenvalue weighted by atomic mass is 10.1. The third-order valence-corrected chi connectivity index (χ3v) is 4.42. The topological polar surface area (TPSA) is 84.5 Å². The summed E-state index contributed by atoms with van der Waals surface area (Å²) in [6, 6.07) is 7.27. The Bertz CT molecular complexity index is 863. The van der Waals surface area contributed by atoms with E-state index in [0.717, 1.165) is 23.1 Å². The van der Waals surface area contributed by atoms with Crippen LogP contribution in [0, 0.1) is 0 Å². The van der Waals surface area contributed by atoms with Gasteiger partial charge in [0.05, 0.1) is 5.56 Å². The van der Waals surface area contributed by atoms with E-state index < -0.39 is 36.3 Å². The zero-order chi connectivity index (χ0) is 21.3. The summed E-state index contributed by atoms with van der Waals surface area (Å²) in [5.74, 6) is -1.69. The molecule has 0 atom stereocenters. The predicted octanol–water partition coefficient (Wildman–Crippen LogP) is 3.39. The number of halogens is 3. The van der Waals surface area contributed by atoms with Crippen molar-refractivity contribution in [3.8, 4) is 0 Å². The second kappa shape index (κ2) is 10.4. The first-order chi connectivity index (χ1) is 13.7. The summed E-state index contributed by atoms with van der Waals surface area (Å²) < 4.78 is 42.1. The third-order valence-electron chi connectivity index (χ3n) is 3.49. The summed E-state index contributed by atoms with van der Waals surface area (Å²) in [4.78, 5) is 35.8. The van der Waals surface area contributed by atoms with Crippen molar-refractivity contribution in [2.45, 2.75) is 12.6 Å². The maximum absolute atomic E-state index is 12.5. The Balaban J connectivity index is 1.67. The van der Waals surface area contributed by atoms with E-state index in [1.54, 1.807) is 11.3 Å². The molecule has 2 N–H and O–H groups in total. The molecule has 1 aromatic carbocycles. The Morgan fingerprint density at radius 3 is 2.45 bits per heavy atom. The molecule has 0 spiro atoms. The standard InChI is InChI=1S/C19H17F3N2O4S/c20-19(21,22)14-6-3-13(4-7-14)5-8-17(26)28-12-16(25)24-18(27)23-10-9-15-2-1-11-29-15/h1-8,11H,9-10,12H2,(H2,23,24,25,27)/b8-5+. The zero-order valence-corrected chi connectivity index (χ0v) is 15.8. The van der Waals surface area contributed by atoms with Crippen LogP contribution in [0.2, 0.25) is 0 Å². The second-order valence-electron chi connectivity index (χ2n) is 5.69. The lowest BCUT2D eigenvalue weighted by Gasteiger charge is -2.06. The molecule has 0 aliphatic rings. The molecule has 6 nitrogen and oxygen atoms in total. The SMILES string of the molecule is O=C(COC(=O)/C=C/c1ccc(C(F)(F)F)cc1)NC(=O)NCCc1cccs1. The van der Waals surface area contributed by atoms with Crippen LogP contribution in [0.1, 0.15) is 16.0 Å². The van der Waals surface area contributed by atoms with Gasteiger partial charge >= 0.3 is 18.2 Å². The number of carbonyl (C=O) groups is 3. The number of carbonyl (C=O) groups excluding carboxylic acids is 3. The summed E-state index contributed by atoms with van der Waals surface area (Å²) in [7, 11) is 0. The smallest absolute Gasteiger partial charge is 0.416 e. The number of rotatable bonds is 7. The van der Waals surface area contributed by atoms with Crippen molar-refractivity contribution in [1.82, 2.24) is 10.6 Å². The van der Waals surface area contributed by atoms with E-state index in [1.165, 1.54) is 18.2 Å². The van der Waals surface area contributed by atoms with Crippen molar-refractivity contribution in [3.05, 3.63) is 63.9 Å². The van der Waals surface area contributed by atoms with Crippen molar-refractivity contribution in [2.24, 2.45) is 0 Å². The van der Waals surface area contributed by atoms with Crippen LogP contribution in [0.4, 0.5) is 18.0 Å². The van der Waals surface area contributed by atoms with E-state index in [9.17, 15) is 27.6 Å². The lowest BCUT2D eigenvalue weighted by molar-refractivity contribution is -0.143.